The van der Waals surface area contributed by atoms with Crippen LogP contribution < -0.4 is 11.0 Å². The molecule has 0 spiro atoms. The van der Waals surface area contributed by atoms with Crippen molar-refractivity contribution in [3.63, 3.8) is 0 Å². The molecule has 0 unspecified atom stereocenters. The Kier molecular flexibility index (Phi) is 4.83. The minimum Gasteiger partial charge on any atom is -0.267 e. The molecule has 26 heavy (non-hydrogen) atoms. The number of nitrogens with one attached hydrogen (secondary N) is 1. The average Bonchev–Trinajstić information content (AvgIpc) is 2.64. The topological polar surface area (TPSA) is 76.3 Å². The largest absolute Gasteiger partial charge is 0.292 e. The standard InChI is InChI=1S/C18H14F2N4O2/c1-2-24-18(26)14-6-4-3-5-13(14)16(23-24)17(25)22-21-10-11-7-8-12(19)9-15(11)20/h3-10H,2H2,1H3,(H,22,25)/b21-10-. The van der Waals surface area contributed by atoms with E-state index in [1.807, 2.05) is 0 Å². The predicted molar refractivity (Wildman–Crippen MR) is 93.1 cm³/mol. The summed E-state index contributed by atoms with van der Waals surface area (Å²) in [5.41, 5.74) is 1.99. The molecule has 0 aliphatic carbocycles. The van der Waals surface area contributed by atoms with Crippen LogP contribution in [0.5, 0.6) is 0 Å². The summed E-state index contributed by atoms with van der Waals surface area (Å²) < 4.78 is 27.6. The number of halogens is 2. The molecule has 0 aliphatic heterocycles. The Bertz CT molecular complexity index is 1080. The lowest BCUT2D eigenvalue weighted by atomic mass is 10.1. The zero-order valence-electron chi connectivity index (χ0n) is 13.7. The summed E-state index contributed by atoms with van der Waals surface area (Å²) in [5, 5.41) is 8.50. The van der Waals surface area contributed by atoms with Gasteiger partial charge in [-0.1, -0.05) is 18.2 Å². The Hall–Kier alpha value is -3.42. The van der Waals surface area contributed by atoms with E-state index < -0.39 is 17.5 Å². The molecule has 0 bridgehead atoms. The van der Waals surface area contributed by atoms with Gasteiger partial charge < -0.3 is 0 Å². The van der Waals surface area contributed by atoms with Crippen molar-refractivity contribution in [1.82, 2.24) is 15.2 Å². The number of carbonyl (C=O) groups excluding carboxylic acids is 1. The van der Waals surface area contributed by atoms with Crippen LogP contribution in [-0.4, -0.2) is 21.9 Å². The number of nitrogens with zero attached hydrogens (tertiary/aromatic N) is 3. The predicted octanol–water partition coefficient (Wildman–Crippen LogP) is 2.46. The Balaban J connectivity index is 1.92. The van der Waals surface area contributed by atoms with Gasteiger partial charge in [-0.2, -0.15) is 10.2 Å². The van der Waals surface area contributed by atoms with Crippen LogP contribution in [0.4, 0.5) is 8.78 Å². The maximum Gasteiger partial charge on any atom is 0.292 e. The number of carbonyl (C=O) groups is 1. The van der Waals surface area contributed by atoms with Gasteiger partial charge in [0.1, 0.15) is 11.6 Å². The molecular formula is C18H14F2N4O2. The van der Waals surface area contributed by atoms with Gasteiger partial charge in [-0.3, -0.25) is 9.59 Å². The van der Waals surface area contributed by atoms with E-state index in [4.69, 9.17) is 0 Å². The number of benzene rings is 2. The second-order valence-electron chi connectivity index (χ2n) is 5.38. The van der Waals surface area contributed by atoms with Crippen LogP contribution in [0.2, 0.25) is 0 Å². The lowest BCUT2D eigenvalue weighted by molar-refractivity contribution is 0.0949. The number of hydrazone groups is 1. The van der Waals surface area contributed by atoms with Crippen molar-refractivity contribution in [1.29, 1.82) is 0 Å². The third-order valence-electron chi connectivity index (χ3n) is 3.71. The van der Waals surface area contributed by atoms with E-state index in [1.54, 1.807) is 31.2 Å². The van der Waals surface area contributed by atoms with Crippen molar-refractivity contribution < 1.29 is 13.6 Å². The number of rotatable bonds is 4. The molecule has 0 saturated carbocycles. The van der Waals surface area contributed by atoms with Gasteiger partial charge in [0.2, 0.25) is 0 Å². The zero-order valence-corrected chi connectivity index (χ0v) is 13.7. The first-order chi connectivity index (χ1) is 12.5. The van der Waals surface area contributed by atoms with Crippen LogP contribution in [0.3, 0.4) is 0 Å². The lowest BCUT2D eigenvalue weighted by Crippen LogP contribution is -2.28. The molecule has 3 aromatic rings. The highest BCUT2D eigenvalue weighted by Gasteiger charge is 2.15. The molecule has 1 aromatic heterocycles. The van der Waals surface area contributed by atoms with Gasteiger partial charge in [0.25, 0.3) is 11.5 Å². The summed E-state index contributed by atoms with van der Waals surface area (Å²) in [6.45, 7) is 2.04. The molecule has 0 fully saturated rings. The number of fused-ring (bicyclic) bond motifs is 1. The number of hydrogen-bond donors (Lipinski definition) is 1. The third kappa shape index (κ3) is 3.34. The van der Waals surface area contributed by atoms with Crippen LogP contribution in [0.25, 0.3) is 10.8 Å². The highest BCUT2D eigenvalue weighted by atomic mass is 19.1. The zero-order chi connectivity index (χ0) is 18.7. The van der Waals surface area contributed by atoms with E-state index in [1.165, 1.54) is 10.7 Å². The minimum atomic E-state index is -0.800. The number of amides is 1. The fourth-order valence-electron chi connectivity index (χ4n) is 2.44. The van der Waals surface area contributed by atoms with Crippen LogP contribution in [0, 0.1) is 11.6 Å². The highest BCUT2D eigenvalue weighted by molar-refractivity contribution is 6.04. The number of aromatic nitrogens is 2. The van der Waals surface area contributed by atoms with E-state index in [0.717, 1.165) is 18.3 Å². The van der Waals surface area contributed by atoms with E-state index in [9.17, 15) is 18.4 Å². The molecule has 3 rings (SSSR count). The molecular weight excluding hydrogens is 342 g/mol. The summed E-state index contributed by atoms with van der Waals surface area (Å²) in [5.74, 6) is -2.16. The van der Waals surface area contributed by atoms with Crippen molar-refractivity contribution in [3.05, 3.63) is 75.7 Å². The van der Waals surface area contributed by atoms with Crippen LogP contribution in [0.1, 0.15) is 23.0 Å². The average molecular weight is 356 g/mol. The van der Waals surface area contributed by atoms with E-state index >= 15 is 0 Å². The van der Waals surface area contributed by atoms with E-state index in [2.05, 4.69) is 15.6 Å². The molecule has 8 heteroatoms. The van der Waals surface area contributed by atoms with Gasteiger partial charge >= 0.3 is 0 Å². The van der Waals surface area contributed by atoms with E-state index in [0.29, 0.717) is 17.3 Å². The summed E-state index contributed by atoms with van der Waals surface area (Å²) >= 11 is 0. The molecule has 0 radical (unpaired) electrons. The van der Waals surface area contributed by atoms with Crippen molar-refractivity contribution in [2.75, 3.05) is 0 Å². The SMILES string of the molecule is CCn1nc(C(=O)N/N=C\c2ccc(F)cc2F)c2ccccc2c1=O. The van der Waals surface area contributed by atoms with Gasteiger partial charge in [0.05, 0.1) is 11.6 Å². The number of hydrogen-bond acceptors (Lipinski definition) is 4. The monoisotopic (exact) mass is 356 g/mol. The van der Waals surface area contributed by atoms with Gasteiger partial charge in [-0.25, -0.2) is 18.9 Å². The smallest absolute Gasteiger partial charge is 0.267 e. The highest BCUT2D eigenvalue weighted by Crippen LogP contribution is 2.13. The molecule has 2 aromatic carbocycles. The van der Waals surface area contributed by atoms with Gasteiger partial charge in [0, 0.05) is 23.6 Å². The fourth-order valence-corrected chi connectivity index (χ4v) is 2.44. The Morgan fingerprint density at radius 1 is 1.23 bits per heavy atom. The lowest BCUT2D eigenvalue weighted by Gasteiger charge is -2.08. The molecule has 1 N–H and O–H groups in total. The molecule has 1 heterocycles. The first-order valence-corrected chi connectivity index (χ1v) is 7.79. The van der Waals surface area contributed by atoms with Crippen LogP contribution >= 0.6 is 0 Å². The van der Waals surface area contributed by atoms with Crippen LogP contribution in [-0.2, 0) is 6.54 Å². The van der Waals surface area contributed by atoms with Gasteiger partial charge in [0.15, 0.2) is 5.69 Å². The molecule has 0 aliphatic rings. The second-order valence-corrected chi connectivity index (χ2v) is 5.38. The minimum absolute atomic E-state index is 0.0167. The normalized spacial score (nSPS) is 11.2. The third-order valence-corrected chi connectivity index (χ3v) is 3.71. The first-order valence-electron chi connectivity index (χ1n) is 7.79. The van der Waals surface area contributed by atoms with Crippen molar-refractivity contribution in [3.8, 4) is 0 Å². The summed E-state index contributed by atoms with van der Waals surface area (Å²) in [7, 11) is 0. The number of aryl methyl sites for hydroxylation is 1. The van der Waals surface area contributed by atoms with Crippen molar-refractivity contribution >= 4 is 22.9 Å². The summed E-state index contributed by atoms with van der Waals surface area (Å²) in [4.78, 5) is 24.7. The fraction of sp³-hybridized carbons (Fsp3) is 0.111. The molecule has 132 valence electrons. The Labute approximate surface area is 146 Å². The van der Waals surface area contributed by atoms with Gasteiger partial charge in [-0.15, -0.1) is 0 Å². The van der Waals surface area contributed by atoms with Crippen molar-refractivity contribution in [2.45, 2.75) is 13.5 Å². The Morgan fingerprint density at radius 2 is 1.96 bits per heavy atom. The van der Waals surface area contributed by atoms with E-state index in [-0.39, 0.29) is 16.8 Å². The second kappa shape index (κ2) is 7.22. The summed E-state index contributed by atoms with van der Waals surface area (Å²) in [6, 6.07) is 9.61. The van der Waals surface area contributed by atoms with Gasteiger partial charge in [-0.05, 0) is 25.1 Å². The van der Waals surface area contributed by atoms with Crippen LogP contribution in [0.15, 0.2) is 52.4 Å². The molecule has 1 amide bonds. The molecule has 6 nitrogen and oxygen atoms in total. The molecule has 0 atom stereocenters. The Morgan fingerprint density at radius 3 is 2.65 bits per heavy atom. The van der Waals surface area contributed by atoms with Crippen molar-refractivity contribution in [2.24, 2.45) is 5.10 Å². The maximum absolute atomic E-state index is 13.6. The molecule has 0 saturated heterocycles. The first kappa shape index (κ1) is 17.4. The summed E-state index contributed by atoms with van der Waals surface area (Å²) in [6.07, 6.45) is 1.06. The maximum atomic E-state index is 13.6. The quantitative estimate of drug-likeness (QED) is 0.576.